The molecule has 1 rings (SSSR count). The van der Waals surface area contributed by atoms with Gasteiger partial charge in [0.2, 0.25) is 0 Å². The molecule has 1 atom stereocenters. The molecular weight excluding hydrogens is 216 g/mol. The van der Waals surface area contributed by atoms with E-state index in [9.17, 15) is 0 Å². The van der Waals surface area contributed by atoms with E-state index < -0.39 is 0 Å². The number of nitrogens with one attached hydrogen (secondary N) is 1. The smallest absolute Gasteiger partial charge is 0.166 e. The van der Waals surface area contributed by atoms with Gasteiger partial charge in [0.25, 0.3) is 0 Å². The molecule has 0 saturated carbocycles. The summed E-state index contributed by atoms with van der Waals surface area (Å²) >= 11 is 0. The zero-order chi connectivity index (χ0) is 12.8. The van der Waals surface area contributed by atoms with Crippen LogP contribution >= 0.6 is 0 Å². The van der Waals surface area contributed by atoms with Crippen LogP contribution in [0, 0.1) is 31.1 Å². The van der Waals surface area contributed by atoms with Gasteiger partial charge in [0.1, 0.15) is 11.6 Å². The molecule has 1 N–H and O–H groups in total. The van der Waals surface area contributed by atoms with Crippen molar-refractivity contribution in [1.82, 2.24) is 10.2 Å². The maximum atomic E-state index is 9.11. The van der Waals surface area contributed by atoms with Crippen molar-refractivity contribution in [2.75, 3.05) is 25.6 Å². The van der Waals surface area contributed by atoms with Crippen LogP contribution in [0.15, 0.2) is 0 Å². The van der Waals surface area contributed by atoms with Gasteiger partial charge < -0.3 is 10.1 Å². The van der Waals surface area contributed by atoms with Crippen LogP contribution in [-0.2, 0) is 4.74 Å². The summed E-state index contributed by atoms with van der Waals surface area (Å²) in [5, 5.41) is 20.3. The summed E-state index contributed by atoms with van der Waals surface area (Å²) in [7, 11) is 1.67. The fraction of sp³-hybridized carbons (Fsp3) is 0.583. The van der Waals surface area contributed by atoms with Crippen molar-refractivity contribution < 1.29 is 4.74 Å². The fourth-order valence-corrected chi connectivity index (χ4v) is 1.48. The quantitative estimate of drug-likeness (QED) is 0.839. The van der Waals surface area contributed by atoms with Gasteiger partial charge in [0.15, 0.2) is 5.82 Å². The third-order valence-electron chi connectivity index (χ3n) is 2.64. The molecule has 92 valence electrons. The second kappa shape index (κ2) is 6.16. The van der Waals surface area contributed by atoms with Crippen LogP contribution < -0.4 is 5.32 Å². The zero-order valence-corrected chi connectivity index (χ0v) is 10.7. The molecule has 0 aliphatic heterocycles. The number of nitrogens with zero attached hydrogens (tertiary/aromatic N) is 3. The van der Waals surface area contributed by atoms with E-state index in [2.05, 4.69) is 28.5 Å². The first-order chi connectivity index (χ1) is 8.10. The Bertz CT molecular complexity index is 425. The van der Waals surface area contributed by atoms with Gasteiger partial charge in [-0.3, -0.25) is 0 Å². The molecule has 0 spiro atoms. The summed E-state index contributed by atoms with van der Waals surface area (Å²) in [6, 6.07) is 2.16. The number of nitriles is 1. The summed E-state index contributed by atoms with van der Waals surface area (Å²) in [4.78, 5) is 0. The number of anilines is 1. The summed E-state index contributed by atoms with van der Waals surface area (Å²) in [5.41, 5.74) is 2.24. The number of rotatable bonds is 5. The molecular formula is C12H18N4O. The Hall–Kier alpha value is -1.67. The predicted octanol–water partition coefficient (Wildman–Crippen LogP) is 1.66. The third-order valence-corrected chi connectivity index (χ3v) is 2.64. The lowest BCUT2D eigenvalue weighted by molar-refractivity contribution is 0.164. The molecule has 1 heterocycles. The van der Waals surface area contributed by atoms with Crippen LogP contribution in [0.2, 0.25) is 0 Å². The van der Waals surface area contributed by atoms with E-state index >= 15 is 0 Å². The Labute approximate surface area is 102 Å². The van der Waals surface area contributed by atoms with Crippen molar-refractivity contribution in [3.8, 4) is 6.07 Å². The molecule has 0 aromatic carbocycles. The minimum absolute atomic E-state index is 0.356. The van der Waals surface area contributed by atoms with Crippen LogP contribution in [0.3, 0.4) is 0 Å². The third kappa shape index (κ3) is 3.40. The predicted molar refractivity (Wildman–Crippen MR) is 65.8 cm³/mol. The monoisotopic (exact) mass is 234 g/mol. The van der Waals surface area contributed by atoms with Crippen molar-refractivity contribution in [1.29, 1.82) is 5.26 Å². The van der Waals surface area contributed by atoms with E-state index in [4.69, 9.17) is 10.00 Å². The Morgan fingerprint density at radius 2 is 2.12 bits per heavy atom. The highest BCUT2D eigenvalue weighted by molar-refractivity contribution is 5.55. The lowest BCUT2D eigenvalue weighted by Gasteiger charge is -2.13. The Morgan fingerprint density at radius 1 is 1.41 bits per heavy atom. The average Bonchev–Trinajstić information content (AvgIpc) is 2.31. The van der Waals surface area contributed by atoms with Gasteiger partial charge >= 0.3 is 0 Å². The first-order valence-electron chi connectivity index (χ1n) is 5.57. The van der Waals surface area contributed by atoms with Crippen molar-refractivity contribution in [3.05, 3.63) is 16.8 Å². The van der Waals surface area contributed by atoms with Gasteiger partial charge in [-0.15, -0.1) is 5.10 Å². The molecule has 0 radical (unpaired) electrons. The normalized spacial score (nSPS) is 11.9. The first-order valence-corrected chi connectivity index (χ1v) is 5.57. The summed E-state index contributed by atoms with van der Waals surface area (Å²) in [6.07, 6.45) is 0. The lowest BCUT2D eigenvalue weighted by Crippen LogP contribution is -2.18. The number of hydrogen-bond acceptors (Lipinski definition) is 5. The van der Waals surface area contributed by atoms with Crippen molar-refractivity contribution in [2.45, 2.75) is 20.8 Å². The van der Waals surface area contributed by atoms with E-state index in [-0.39, 0.29) is 0 Å². The number of ether oxygens (including phenoxy) is 1. The van der Waals surface area contributed by atoms with E-state index in [0.29, 0.717) is 30.5 Å². The molecule has 0 amide bonds. The zero-order valence-electron chi connectivity index (χ0n) is 10.7. The van der Waals surface area contributed by atoms with Gasteiger partial charge in [-0.1, -0.05) is 6.92 Å². The highest BCUT2D eigenvalue weighted by Crippen LogP contribution is 2.17. The van der Waals surface area contributed by atoms with Gasteiger partial charge in [-0.05, 0) is 25.3 Å². The van der Waals surface area contributed by atoms with Crippen molar-refractivity contribution in [3.63, 3.8) is 0 Å². The summed E-state index contributed by atoms with van der Waals surface area (Å²) < 4.78 is 5.05. The van der Waals surface area contributed by atoms with Crippen LogP contribution in [0.4, 0.5) is 5.82 Å². The largest absolute Gasteiger partial charge is 0.384 e. The van der Waals surface area contributed by atoms with E-state index in [1.54, 1.807) is 7.11 Å². The minimum atomic E-state index is 0.356. The molecule has 1 aromatic rings. The van der Waals surface area contributed by atoms with Crippen LogP contribution in [0.25, 0.3) is 0 Å². The van der Waals surface area contributed by atoms with Gasteiger partial charge in [0.05, 0.1) is 12.3 Å². The molecule has 0 saturated heterocycles. The highest BCUT2D eigenvalue weighted by atomic mass is 16.5. The summed E-state index contributed by atoms with van der Waals surface area (Å²) in [6.45, 7) is 7.18. The number of aromatic nitrogens is 2. The van der Waals surface area contributed by atoms with E-state index in [1.165, 1.54) is 0 Å². The topological polar surface area (TPSA) is 70.8 Å². The van der Waals surface area contributed by atoms with E-state index in [1.807, 2.05) is 13.8 Å². The Balaban J connectivity index is 2.79. The lowest BCUT2D eigenvalue weighted by atomic mass is 10.1. The number of hydrogen-bond donors (Lipinski definition) is 1. The van der Waals surface area contributed by atoms with Gasteiger partial charge in [-0.25, -0.2) is 0 Å². The van der Waals surface area contributed by atoms with Gasteiger partial charge in [0, 0.05) is 13.7 Å². The number of methoxy groups -OCH3 is 1. The minimum Gasteiger partial charge on any atom is -0.384 e. The number of aryl methyl sites for hydroxylation is 1. The molecule has 0 aliphatic carbocycles. The Kier molecular flexibility index (Phi) is 4.85. The second-order valence-electron chi connectivity index (χ2n) is 4.19. The van der Waals surface area contributed by atoms with Crippen molar-refractivity contribution in [2.24, 2.45) is 5.92 Å². The average molecular weight is 234 g/mol. The van der Waals surface area contributed by atoms with E-state index in [0.717, 1.165) is 11.3 Å². The van der Waals surface area contributed by atoms with Crippen LogP contribution in [0.1, 0.15) is 23.7 Å². The molecule has 0 bridgehead atoms. The molecule has 5 nitrogen and oxygen atoms in total. The molecule has 1 aromatic heterocycles. The fourth-order valence-electron chi connectivity index (χ4n) is 1.48. The first kappa shape index (κ1) is 13.4. The highest BCUT2D eigenvalue weighted by Gasteiger charge is 2.11. The maximum absolute atomic E-state index is 9.11. The van der Waals surface area contributed by atoms with Crippen LogP contribution in [0.5, 0.6) is 0 Å². The summed E-state index contributed by atoms with van der Waals surface area (Å²) in [5.74, 6) is 0.911. The molecule has 17 heavy (non-hydrogen) atoms. The van der Waals surface area contributed by atoms with Gasteiger partial charge in [-0.2, -0.15) is 10.4 Å². The molecule has 0 fully saturated rings. The standard InChI is InChI=1S/C12H18N4O/c1-8(7-17-4)6-14-12-11(5-13)9(2)10(3)15-16-12/h8H,6-7H2,1-4H3,(H,14,16). The SMILES string of the molecule is COCC(C)CNc1nnc(C)c(C)c1C#N. The van der Waals surface area contributed by atoms with Crippen molar-refractivity contribution >= 4 is 5.82 Å². The Morgan fingerprint density at radius 3 is 2.71 bits per heavy atom. The second-order valence-corrected chi connectivity index (χ2v) is 4.19. The molecule has 0 aliphatic rings. The maximum Gasteiger partial charge on any atom is 0.166 e. The van der Waals surface area contributed by atoms with Crippen LogP contribution in [-0.4, -0.2) is 30.5 Å². The molecule has 5 heteroatoms. The molecule has 1 unspecified atom stereocenters.